The summed E-state index contributed by atoms with van der Waals surface area (Å²) in [4.78, 5) is 28.7. The molecule has 0 aliphatic heterocycles. The molecule has 7 nitrogen and oxygen atoms in total. The quantitative estimate of drug-likeness (QED) is 0.284. The van der Waals surface area contributed by atoms with Gasteiger partial charge in [0.2, 0.25) is 0 Å². The number of pyridine rings is 1. The number of anilines is 2. The predicted molar refractivity (Wildman–Crippen MR) is 124 cm³/mol. The fourth-order valence-electron chi connectivity index (χ4n) is 4.04. The molecule has 4 aromatic rings. The Labute approximate surface area is 189 Å². The summed E-state index contributed by atoms with van der Waals surface area (Å²) < 4.78 is 0. The SMILES string of the molecule is Cc1ccc(Nc2nc3c(c(-c4ccc([N+](=O)[O-])cc4)c2C#N)C(=O)c2ccccc2-3)cc1. The molecule has 0 saturated heterocycles. The van der Waals surface area contributed by atoms with Crippen molar-refractivity contribution < 1.29 is 9.72 Å². The summed E-state index contributed by atoms with van der Waals surface area (Å²) in [5.74, 6) is 0.0952. The van der Waals surface area contributed by atoms with E-state index in [4.69, 9.17) is 4.98 Å². The van der Waals surface area contributed by atoms with Gasteiger partial charge in [0.15, 0.2) is 5.78 Å². The van der Waals surface area contributed by atoms with E-state index in [0.717, 1.165) is 11.3 Å². The number of hydrogen-bond donors (Lipinski definition) is 1. The number of fused-ring (bicyclic) bond motifs is 3. The summed E-state index contributed by atoms with van der Waals surface area (Å²) in [6.45, 7) is 1.98. The molecule has 1 N–H and O–H groups in total. The molecule has 0 spiro atoms. The van der Waals surface area contributed by atoms with Crippen LogP contribution in [0.25, 0.3) is 22.4 Å². The predicted octanol–water partition coefficient (Wildman–Crippen LogP) is 5.79. The Morgan fingerprint density at radius 1 is 0.939 bits per heavy atom. The van der Waals surface area contributed by atoms with Crippen LogP contribution in [0.1, 0.15) is 27.0 Å². The molecule has 1 aromatic heterocycles. The average Bonchev–Trinajstić information content (AvgIpc) is 3.11. The Hall–Kier alpha value is -4.83. The number of rotatable bonds is 4. The minimum atomic E-state index is -0.489. The Morgan fingerprint density at radius 2 is 1.61 bits per heavy atom. The number of nitro benzene ring substituents is 1. The van der Waals surface area contributed by atoms with E-state index in [1.807, 2.05) is 43.3 Å². The largest absolute Gasteiger partial charge is 0.339 e. The first-order chi connectivity index (χ1) is 16.0. The topological polar surface area (TPSA) is 109 Å². The van der Waals surface area contributed by atoms with E-state index in [1.54, 1.807) is 24.3 Å². The third kappa shape index (κ3) is 3.30. The number of carbonyl (C=O) groups excluding carboxylic acids is 1. The molecule has 33 heavy (non-hydrogen) atoms. The number of nitrogens with zero attached hydrogens (tertiary/aromatic N) is 3. The van der Waals surface area contributed by atoms with Gasteiger partial charge in [-0.2, -0.15) is 5.26 Å². The van der Waals surface area contributed by atoms with Crippen molar-refractivity contribution in [2.24, 2.45) is 0 Å². The van der Waals surface area contributed by atoms with E-state index in [9.17, 15) is 20.2 Å². The molecule has 1 aliphatic carbocycles. The summed E-state index contributed by atoms with van der Waals surface area (Å²) in [5, 5.41) is 24.4. The van der Waals surface area contributed by atoms with Crippen LogP contribution in [0.5, 0.6) is 0 Å². The van der Waals surface area contributed by atoms with E-state index in [1.165, 1.54) is 12.1 Å². The molecule has 0 bridgehead atoms. The van der Waals surface area contributed by atoms with Crippen LogP contribution in [0.15, 0.2) is 72.8 Å². The Morgan fingerprint density at radius 3 is 2.24 bits per heavy atom. The first-order valence-corrected chi connectivity index (χ1v) is 10.2. The van der Waals surface area contributed by atoms with Crippen molar-refractivity contribution in [3.8, 4) is 28.5 Å². The van der Waals surface area contributed by atoms with Gasteiger partial charge in [-0.1, -0.05) is 42.0 Å². The summed E-state index contributed by atoms with van der Waals surface area (Å²) in [6, 6.07) is 22.9. The summed E-state index contributed by atoms with van der Waals surface area (Å²) in [5.41, 5.74) is 4.92. The number of carbonyl (C=O) groups is 1. The van der Waals surface area contributed by atoms with E-state index < -0.39 is 4.92 Å². The van der Waals surface area contributed by atoms with Gasteiger partial charge in [0.25, 0.3) is 5.69 Å². The highest BCUT2D eigenvalue weighted by Crippen LogP contribution is 2.44. The summed E-state index contributed by atoms with van der Waals surface area (Å²) >= 11 is 0. The minimum Gasteiger partial charge on any atom is -0.339 e. The Kier molecular flexibility index (Phi) is 4.69. The number of nitrogens with one attached hydrogen (secondary N) is 1. The van der Waals surface area contributed by atoms with Crippen LogP contribution in [0.4, 0.5) is 17.2 Å². The standard InChI is InChI=1S/C26H16N4O3/c1-15-6-10-17(11-7-15)28-26-21(14-27)22(16-8-12-18(13-9-16)30(32)33)23-24(29-26)19-4-2-3-5-20(19)25(23)31/h2-13H,1H3,(H,28,29). The highest BCUT2D eigenvalue weighted by atomic mass is 16.6. The molecule has 1 heterocycles. The van der Waals surface area contributed by atoms with E-state index >= 15 is 0 Å². The van der Waals surface area contributed by atoms with Gasteiger partial charge in [0, 0.05) is 34.5 Å². The fraction of sp³-hybridized carbons (Fsp3) is 0.0385. The smallest absolute Gasteiger partial charge is 0.269 e. The summed E-state index contributed by atoms with van der Waals surface area (Å²) in [6.07, 6.45) is 0. The first kappa shape index (κ1) is 20.1. The second kappa shape index (κ2) is 7.70. The second-order valence-corrected chi connectivity index (χ2v) is 7.72. The third-order valence-corrected chi connectivity index (χ3v) is 5.64. The molecule has 3 aromatic carbocycles. The summed E-state index contributed by atoms with van der Waals surface area (Å²) in [7, 11) is 0. The molecule has 0 atom stereocenters. The monoisotopic (exact) mass is 432 g/mol. The molecule has 0 radical (unpaired) electrons. The lowest BCUT2D eigenvalue weighted by Gasteiger charge is -2.15. The first-order valence-electron chi connectivity index (χ1n) is 10.2. The molecule has 158 valence electrons. The van der Waals surface area contributed by atoms with Gasteiger partial charge in [-0.25, -0.2) is 4.98 Å². The molecule has 0 amide bonds. The van der Waals surface area contributed by atoms with Crippen molar-refractivity contribution in [1.82, 2.24) is 4.98 Å². The lowest BCUT2D eigenvalue weighted by atomic mass is 9.93. The van der Waals surface area contributed by atoms with Crippen LogP contribution in [-0.2, 0) is 0 Å². The van der Waals surface area contributed by atoms with E-state index in [2.05, 4.69) is 11.4 Å². The van der Waals surface area contributed by atoms with Gasteiger partial charge in [0.05, 0.1) is 16.2 Å². The zero-order chi connectivity index (χ0) is 23.1. The highest BCUT2D eigenvalue weighted by Gasteiger charge is 2.34. The van der Waals surface area contributed by atoms with Gasteiger partial charge in [-0.15, -0.1) is 0 Å². The molecular formula is C26H16N4O3. The van der Waals surface area contributed by atoms with Crippen molar-refractivity contribution in [1.29, 1.82) is 5.26 Å². The fourth-order valence-corrected chi connectivity index (χ4v) is 4.04. The van der Waals surface area contributed by atoms with Crippen LogP contribution in [0.2, 0.25) is 0 Å². The maximum Gasteiger partial charge on any atom is 0.269 e. The second-order valence-electron chi connectivity index (χ2n) is 7.72. The number of nitriles is 1. The van der Waals surface area contributed by atoms with Gasteiger partial charge >= 0.3 is 0 Å². The van der Waals surface area contributed by atoms with E-state index in [-0.39, 0.29) is 17.0 Å². The molecule has 0 unspecified atom stereocenters. The minimum absolute atomic E-state index is 0.0735. The zero-order valence-corrected chi connectivity index (χ0v) is 17.5. The van der Waals surface area contributed by atoms with Crippen molar-refractivity contribution in [2.45, 2.75) is 6.92 Å². The molecule has 5 rings (SSSR count). The zero-order valence-electron chi connectivity index (χ0n) is 17.5. The van der Waals surface area contributed by atoms with Crippen LogP contribution < -0.4 is 5.32 Å². The maximum atomic E-state index is 13.4. The van der Waals surface area contributed by atoms with Crippen LogP contribution >= 0.6 is 0 Å². The number of non-ortho nitro benzene ring substituents is 1. The van der Waals surface area contributed by atoms with Crippen molar-refractivity contribution in [3.63, 3.8) is 0 Å². The van der Waals surface area contributed by atoms with Crippen LogP contribution in [-0.4, -0.2) is 15.7 Å². The van der Waals surface area contributed by atoms with Crippen molar-refractivity contribution in [2.75, 3.05) is 5.32 Å². The van der Waals surface area contributed by atoms with Crippen molar-refractivity contribution in [3.05, 3.63) is 105 Å². The maximum absolute atomic E-state index is 13.4. The van der Waals surface area contributed by atoms with Crippen LogP contribution in [0.3, 0.4) is 0 Å². The molecule has 1 aliphatic rings. The average molecular weight is 432 g/mol. The number of nitro groups is 1. The van der Waals surface area contributed by atoms with Gasteiger partial charge in [-0.3, -0.25) is 14.9 Å². The normalized spacial score (nSPS) is 11.5. The van der Waals surface area contributed by atoms with E-state index in [0.29, 0.717) is 39.3 Å². The number of aryl methyl sites for hydroxylation is 1. The van der Waals surface area contributed by atoms with Crippen LogP contribution in [0, 0.1) is 28.4 Å². The number of aromatic nitrogens is 1. The number of benzene rings is 3. The lowest BCUT2D eigenvalue weighted by molar-refractivity contribution is -0.384. The lowest BCUT2D eigenvalue weighted by Crippen LogP contribution is -2.06. The third-order valence-electron chi connectivity index (χ3n) is 5.64. The molecular weight excluding hydrogens is 416 g/mol. The van der Waals surface area contributed by atoms with Crippen molar-refractivity contribution >= 4 is 23.0 Å². The molecule has 7 heteroatoms. The highest BCUT2D eigenvalue weighted by molar-refractivity contribution is 6.24. The number of ketones is 1. The van der Waals surface area contributed by atoms with Gasteiger partial charge in [0.1, 0.15) is 17.5 Å². The molecule has 0 fully saturated rings. The van der Waals surface area contributed by atoms with Gasteiger partial charge in [-0.05, 0) is 36.8 Å². The Bertz CT molecular complexity index is 1480. The van der Waals surface area contributed by atoms with Gasteiger partial charge < -0.3 is 5.32 Å². The molecule has 0 saturated carbocycles. The Balaban J connectivity index is 1.78. The number of hydrogen-bond acceptors (Lipinski definition) is 6.